The van der Waals surface area contributed by atoms with Crippen LogP contribution in [0.15, 0.2) is 0 Å². The minimum atomic E-state index is 0.231. The SMILES string of the molecule is CCN(C)CC(=N)N. The Morgan fingerprint density at radius 3 is 2.38 bits per heavy atom. The highest BCUT2D eigenvalue weighted by Crippen LogP contribution is 1.76. The van der Waals surface area contributed by atoms with Crippen LogP contribution in [-0.2, 0) is 0 Å². The highest BCUT2D eigenvalue weighted by atomic mass is 15.1. The van der Waals surface area contributed by atoms with E-state index in [0.717, 1.165) is 6.54 Å². The zero-order valence-electron chi connectivity index (χ0n) is 5.44. The largest absolute Gasteiger partial charge is 0.387 e. The van der Waals surface area contributed by atoms with Gasteiger partial charge in [-0.1, -0.05) is 6.92 Å². The van der Waals surface area contributed by atoms with Crippen LogP contribution in [0.3, 0.4) is 0 Å². The summed E-state index contributed by atoms with van der Waals surface area (Å²) in [5, 5.41) is 6.86. The molecule has 0 heterocycles. The standard InChI is InChI=1S/C5H13N3/c1-3-8(2)4-5(6)7/h3-4H2,1-2H3,(H3,6,7). The highest BCUT2D eigenvalue weighted by Gasteiger charge is 1.92. The maximum absolute atomic E-state index is 6.86. The van der Waals surface area contributed by atoms with Crippen LogP contribution < -0.4 is 5.73 Å². The lowest BCUT2D eigenvalue weighted by atomic mass is 10.5. The lowest BCUT2D eigenvalue weighted by Gasteiger charge is -2.10. The summed E-state index contributed by atoms with van der Waals surface area (Å²) in [7, 11) is 1.93. The first-order valence-corrected chi connectivity index (χ1v) is 2.68. The molecule has 0 aromatic heterocycles. The van der Waals surface area contributed by atoms with Crippen molar-refractivity contribution in [2.75, 3.05) is 20.1 Å². The molecule has 0 aliphatic rings. The van der Waals surface area contributed by atoms with Gasteiger partial charge in [-0.15, -0.1) is 0 Å². The molecule has 0 rings (SSSR count). The van der Waals surface area contributed by atoms with Crippen LogP contribution in [0.4, 0.5) is 0 Å². The van der Waals surface area contributed by atoms with Gasteiger partial charge in [-0.2, -0.15) is 0 Å². The molecule has 0 aromatic carbocycles. The number of nitrogens with one attached hydrogen (secondary N) is 1. The average Bonchev–Trinajstić information content (AvgIpc) is 1.65. The Balaban J connectivity index is 3.24. The molecule has 0 amide bonds. The molecule has 3 nitrogen and oxygen atoms in total. The van der Waals surface area contributed by atoms with Crippen molar-refractivity contribution in [3.63, 3.8) is 0 Å². The van der Waals surface area contributed by atoms with Gasteiger partial charge in [0.15, 0.2) is 0 Å². The van der Waals surface area contributed by atoms with E-state index in [-0.39, 0.29) is 5.84 Å². The van der Waals surface area contributed by atoms with Crippen molar-refractivity contribution in [3.8, 4) is 0 Å². The Bertz CT molecular complexity index is 79.7. The van der Waals surface area contributed by atoms with Gasteiger partial charge in [0.05, 0.1) is 6.54 Å². The Labute approximate surface area is 50.0 Å². The molecule has 3 N–H and O–H groups in total. The molecule has 0 aromatic rings. The van der Waals surface area contributed by atoms with Crippen LogP contribution in [0.5, 0.6) is 0 Å². The summed E-state index contributed by atoms with van der Waals surface area (Å²) in [4.78, 5) is 1.97. The van der Waals surface area contributed by atoms with Gasteiger partial charge < -0.3 is 5.73 Å². The molecule has 0 saturated heterocycles. The maximum Gasteiger partial charge on any atom is 0.105 e. The first kappa shape index (κ1) is 7.43. The minimum absolute atomic E-state index is 0.231. The van der Waals surface area contributed by atoms with Crippen molar-refractivity contribution in [1.29, 1.82) is 5.41 Å². The van der Waals surface area contributed by atoms with E-state index >= 15 is 0 Å². The number of nitrogens with two attached hydrogens (primary N) is 1. The van der Waals surface area contributed by atoms with E-state index in [4.69, 9.17) is 11.1 Å². The summed E-state index contributed by atoms with van der Waals surface area (Å²) in [6, 6.07) is 0. The van der Waals surface area contributed by atoms with E-state index in [1.54, 1.807) is 0 Å². The number of rotatable bonds is 3. The number of nitrogens with zero attached hydrogens (tertiary/aromatic N) is 1. The Morgan fingerprint density at radius 1 is 1.75 bits per heavy atom. The van der Waals surface area contributed by atoms with Crippen LogP contribution in [0.25, 0.3) is 0 Å². The Morgan fingerprint density at radius 2 is 2.25 bits per heavy atom. The lowest BCUT2D eigenvalue weighted by molar-refractivity contribution is 0.402. The summed E-state index contributed by atoms with van der Waals surface area (Å²) in [5.74, 6) is 0.231. The third-order valence-corrected chi connectivity index (χ3v) is 0.980. The first-order chi connectivity index (χ1) is 3.66. The van der Waals surface area contributed by atoms with E-state index in [1.165, 1.54) is 0 Å². The van der Waals surface area contributed by atoms with E-state index in [9.17, 15) is 0 Å². The molecular formula is C5H13N3. The Hall–Kier alpha value is -0.570. The summed E-state index contributed by atoms with van der Waals surface area (Å²) in [6.07, 6.45) is 0. The molecule has 0 saturated carbocycles. The van der Waals surface area contributed by atoms with Crippen molar-refractivity contribution >= 4 is 5.84 Å². The monoisotopic (exact) mass is 115 g/mol. The van der Waals surface area contributed by atoms with Crippen molar-refractivity contribution in [2.24, 2.45) is 5.73 Å². The van der Waals surface area contributed by atoms with Crippen molar-refractivity contribution in [2.45, 2.75) is 6.92 Å². The van der Waals surface area contributed by atoms with Gasteiger partial charge in [0.2, 0.25) is 0 Å². The van der Waals surface area contributed by atoms with Gasteiger partial charge in [0.1, 0.15) is 5.84 Å². The minimum Gasteiger partial charge on any atom is -0.387 e. The number of likely N-dealkylation sites (N-methyl/N-ethyl adjacent to an activating group) is 1. The van der Waals surface area contributed by atoms with Crippen LogP contribution in [-0.4, -0.2) is 30.9 Å². The van der Waals surface area contributed by atoms with Crippen LogP contribution >= 0.6 is 0 Å². The molecule has 0 atom stereocenters. The molecule has 8 heavy (non-hydrogen) atoms. The third-order valence-electron chi connectivity index (χ3n) is 0.980. The molecule has 0 radical (unpaired) electrons. The Kier molecular flexibility index (Phi) is 3.19. The summed E-state index contributed by atoms with van der Waals surface area (Å²) in [6.45, 7) is 3.55. The molecule has 0 aliphatic carbocycles. The van der Waals surface area contributed by atoms with Gasteiger partial charge >= 0.3 is 0 Å². The fraction of sp³-hybridized carbons (Fsp3) is 0.800. The zero-order valence-corrected chi connectivity index (χ0v) is 5.44. The van der Waals surface area contributed by atoms with E-state index in [0.29, 0.717) is 6.54 Å². The number of amidine groups is 1. The number of hydrogen-bond donors (Lipinski definition) is 2. The fourth-order valence-corrected chi connectivity index (χ4v) is 0.403. The molecule has 48 valence electrons. The van der Waals surface area contributed by atoms with Crippen molar-refractivity contribution < 1.29 is 0 Å². The van der Waals surface area contributed by atoms with Crippen molar-refractivity contribution in [1.82, 2.24) is 4.90 Å². The van der Waals surface area contributed by atoms with E-state index in [1.807, 2.05) is 18.9 Å². The molecule has 0 unspecified atom stereocenters. The second-order valence-corrected chi connectivity index (χ2v) is 1.86. The lowest BCUT2D eigenvalue weighted by Crippen LogP contribution is -2.29. The molecule has 0 bridgehead atoms. The summed E-state index contributed by atoms with van der Waals surface area (Å²) < 4.78 is 0. The second-order valence-electron chi connectivity index (χ2n) is 1.86. The third kappa shape index (κ3) is 3.61. The smallest absolute Gasteiger partial charge is 0.105 e. The fourth-order valence-electron chi connectivity index (χ4n) is 0.403. The van der Waals surface area contributed by atoms with Gasteiger partial charge in [-0.3, -0.25) is 10.3 Å². The van der Waals surface area contributed by atoms with Crippen LogP contribution in [0.1, 0.15) is 6.92 Å². The average molecular weight is 115 g/mol. The van der Waals surface area contributed by atoms with Gasteiger partial charge in [-0.25, -0.2) is 0 Å². The molecule has 0 fully saturated rings. The first-order valence-electron chi connectivity index (χ1n) is 2.68. The normalized spacial score (nSPS) is 9.88. The quantitative estimate of drug-likeness (QED) is 0.398. The predicted octanol–water partition coefficient (Wildman–Crippen LogP) is -0.126. The van der Waals surface area contributed by atoms with E-state index in [2.05, 4.69) is 0 Å². The molecular weight excluding hydrogens is 102 g/mol. The van der Waals surface area contributed by atoms with Crippen LogP contribution in [0.2, 0.25) is 0 Å². The topological polar surface area (TPSA) is 53.1 Å². The second kappa shape index (κ2) is 3.43. The maximum atomic E-state index is 6.86. The predicted molar refractivity (Wildman–Crippen MR) is 35.1 cm³/mol. The summed E-state index contributed by atoms with van der Waals surface area (Å²) in [5.41, 5.74) is 5.11. The zero-order chi connectivity index (χ0) is 6.57. The van der Waals surface area contributed by atoms with Crippen molar-refractivity contribution in [3.05, 3.63) is 0 Å². The molecule has 0 spiro atoms. The van der Waals surface area contributed by atoms with E-state index < -0.39 is 0 Å². The van der Waals surface area contributed by atoms with Gasteiger partial charge in [0, 0.05) is 0 Å². The summed E-state index contributed by atoms with van der Waals surface area (Å²) >= 11 is 0. The highest BCUT2D eigenvalue weighted by molar-refractivity contribution is 5.78. The van der Waals surface area contributed by atoms with Gasteiger partial charge in [0.25, 0.3) is 0 Å². The molecule has 3 heteroatoms. The van der Waals surface area contributed by atoms with Crippen LogP contribution in [0, 0.1) is 5.41 Å². The number of hydrogen-bond acceptors (Lipinski definition) is 2. The molecule has 0 aliphatic heterocycles. The van der Waals surface area contributed by atoms with Gasteiger partial charge in [-0.05, 0) is 13.6 Å².